The van der Waals surface area contributed by atoms with Crippen molar-refractivity contribution in [1.29, 1.82) is 0 Å². The monoisotopic (exact) mass is 368 g/mol. The second-order valence-corrected chi connectivity index (χ2v) is 6.99. The molecule has 0 bridgehead atoms. The van der Waals surface area contributed by atoms with Crippen LogP contribution in [0.15, 0.2) is 47.4 Å². The van der Waals surface area contributed by atoms with Crippen LogP contribution in [0.3, 0.4) is 0 Å². The van der Waals surface area contributed by atoms with Crippen molar-refractivity contribution in [2.24, 2.45) is 0 Å². The van der Waals surface area contributed by atoms with E-state index in [0.717, 1.165) is 0 Å². The third kappa shape index (κ3) is 3.61. The Labute approximate surface area is 143 Å². The van der Waals surface area contributed by atoms with Crippen molar-refractivity contribution in [1.82, 2.24) is 10.3 Å². The van der Waals surface area contributed by atoms with Gasteiger partial charge in [-0.05, 0) is 36.4 Å². The number of hydrogen-bond donors (Lipinski definition) is 2. The van der Waals surface area contributed by atoms with Gasteiger partial charge in [0, 0.05) is 16.7 Å². The van der Waals surface area contributed by atoms with E-state index in [9.17, 15) is 13.2 Å². The maximum atomic E-state index is 12.3. The summed E-state index contributed by atoms with van der Waals surface area (Å²) >= 11 is 5.74. The van der Waals surface area contributed by atoms with Crippen molar-refractivity contribution in [3.05, 3.63) is 53.1 Å². The van der Waals surface area contributed by atoms with E-state index in [1.54, 1.807) is 0 Å². The Bertz CT molecular complexity index is 868. The molecule has 0 fully saturated rings. The zero-order valence-corrected chi connectivity index (χ0v) is 13.9. The Hall–Kier alpha value is -2.29. The first-order valence-corrected chi connectivity index (χ1v) is 8.79. The molecule has 2 N–H and O–H groups in total. The molecule has 0 spiro atoms. The number of hydrogen-bond acceptors (Lipinski definition) is 5. The zero-order chi connectivity index (χ0) is 17.2. The van der Waals surface area contributed by atoms with Gasteiger partial charge in [0.25, 0.3) is 15.9 Å². The van der Waals surface area contributed by atoms with Gasteiger partial charge < -0.3 is 9.47 Å². The standard InChI is InChI=1S/C15H13ClN2O5S/c16-11-3-1-10(2-4-11)15(19)17-18-24(20,21)12-5-6-13-14(9-12)23-8-7-22-13/h1-6,9,18H,7-8H2,(H,17,19). The fourth-order valence-corrected chi connectivity index (χ4v) is 3.02. The minimum absolute atomic E-state index is 0.0526. The van der Waals surface area contributed by atoms with Gasteiger partial charge in [-0.25, -0.2) is 8.42 Å². The topological polar surface area (TPSA) is 93.7 Å². The number of sulfonamides is 1. The SMILES string of the molecule is O=C(NNS(=O)(=O)c1ccc2c(c1)OCCO2)c1ccc(Cl)cc1. The number of nitrogens with one attached hydrogen (secondary N) is 2. The van der Waals surface area contributed by atoms with E-state index in [-0.39, 0.29) is 10.5 Å². The van der Waals surface area contributed by atoms with Crippen molar-refractivity contribution in [3.63, 3.8) is 0 Å². The number of carbonyl (C=O) groups excluding carboxylic acids is 1. The summed E-state index contributed by atoms with van der Waals surface area (Å²) in [5.41, 5.74) is 2.41. The van der Waals surface area contributed by atoms with E-state index < -0.39 is 15.9 Å². The molecule has 0 unspecified atom stereocenters. The quantitative estimate of drug-likeness (QED) is 0.802. The molecule has 9 heteroatoms. The van der Waals surface area contributed by atoms with Crippen LogP contribution in [0, 0.1) is 0 Å². The van der Waals surface area contributed by atoms with Crippen LogP contribution in [0.5, 0.6) is 11.5 Å². The van der Waals surface area contributed by atoms with Crippen LogP contribution < -0.4 is 19.7 Å². The van der Waals surface area contributed by atoms with Crippen LogP contribution >= 0.6 is 11.6 Å². The zero-order valence-electron chi connectivity index (χ0n) is 12.3. The molecule has 1 heterocycles. The van der Waals surface area contributed by atoms with E-state index >= 15 is 0 Å². The molecular formula is C15H13ClN2O5S. The normalized spacial score (nSPS) is 13.4. The molecule has 0 saturated carbocycles. The smallest absolute Gasteiger partial charge is 0.266 e. The lowest BCUT2D eigenvalue weighted by Crippen LogP contribution is -2.41. The minimum atomic E-state index is -3.95. The predicted molar refractivity (Wildman–Crippen MR) is 86.7 cm³/mol. The molecule has 3 rings (SSSR count). The summed E-state index contributed by atoms with van der Waals surface area (Å²) in [7, 11) is -3.95. The van der Waals surface area contributed by atoms with Crippen LogP contribution in [0.2, 0.25) is 5.02 Å². The highest BCUT2D eigenvalue weighted by atomic mass is 35.5. The molecule has 1 aliphatic rings. The summed E-state index contributed by atoms with van der Waals surface area (Å²) in [4.78, 5) is 13.9. The van der Waals surface area contributed by atoms with Crippen molar-refractivity contribution >= 4 is 27.5 Å². The van der Waals surface area contributed by atoms with Gasteiger partial charge in [-0.1, -0.05) is 11.6 Å². The Balaban J connectivity index is 1.72. The van der Waals surface area contributed by atoms with Crippen LogP contribution in [-0.2, 0) is 10.0 Å². The van der Waals surface area contributed by atoms with Gasteiger partial charge in [0.05, 0.1) is 4.90 Å². The highest BCUT2D eigenvalue weighted by Crippen LogP contribution is 2.32. The first-order valence-electron chi connectivity index (χ1n) is 6.93. The van der Waals surface area contributed by atoms with E-state index in [0.29, 0.717) is 29.7 Å². The van der Waals surface area contributed by atoms with Gasteiger partial charge in [-0.2, -0.15) is 0 Å². The van der Waals surface area contributed by atoms with Crippen molar-refractivity contribution in [2.75, 3.05) is 13.2 Å². The van der Waals surface area contributed by atoms with E-state index in [2.05, 4.69) is 5.43 Å². The summed E-state index contributed by atoms with van der Waals surface area (Å²) in [6, 6.07) is 10.2. The molecule has 2 aromatic carbocycles. The first kappa shape index (κ1) is 16.6. The van der Waals surface area contributed by atoms with Gasteiger partial charge in [0.15, 0.2) is 11.5 Å². The number of ether oxygens (including phenoxy) is 2. The molecule has 0 aliphatic carbocycles. The van der Waals surface area contributed by atoms with Crippen molar-refractivity contribution in [2.45, 2.75) is 4.90 Å². The maximum absolute atomic E-state index is 12.3. The van der Waals surface area contributed by atoms with Crippen LogP contribution in [0.25, 0.3) is 0 Å². The van der Waals surface area contributed by atoms with Crippen molar-refractivity contribution < 1.29 is 22.7 Å². The predicted octanol–water partition coefficient (Wildman–Crippen LogP) is 1.73. The third-order valence-corrected chi connectivity index (χ3v) is 4.73. The molecule has 1 amide bonds. The largest absolute Gasteiger partial charge is 0.486 e. The molecule has 24 heavy (non-hydrogen) atoms. The second-order valence-electron chi connectivity index (χ2n) is 4.87. The van der Waals surface area contributed by atoms with Gasteiger partial charge in [-0.15, -0.1) is 4.83 Å². The molecule has 0 atom stereocenters. The van der Waals surface area contributed by atoms with Crippen molar-refractivity contribution in [3.8, 4) is 11.5 Å². The molecule has 2 aromatic rings. The second kappa shape index (κ2) is 6.68. The van der Waals surface area contributed by atoms with Gasteiger partial charge >= 0.3 is 0 Å². The van der Waals surface area contributed by atoms with E-state index in [1.165, 1.54) is 42.5 Å². The molecule has 0 radical (unpaired) electrons. The van der Waals surface area contributed by atoms with Gasteiger partial charge in [0.2, 0.25) is 0 Å². The number of fused-ring (bicyclic) bond motifs is 1. The summed E-state index contributed by atoms with van der Waals surface area (Å²) < 4.78 is 35.2. The summed E-state index contributed by atoms with van der Waals surface area (Å²) in [5, 5.41) is 0.475. The summed E-state index contributed by atoms with van der Waals surface area (Å²) in [6.45, 7) is 0.756. The van der Waals surface area contributed by atoms with E-state index in [1.807, 2.05) is 4.83 Å². The highest BCUT2D eigenvalue weighted by Gasteiger charge is 2.20. The Kier molecular flexibility index (Phi) is 4.61. The average Bonchev–Trinajstić information content (AvgIpc) is 2.60. The number of amides is 1. The lowest BCUT2D eigenvalue weighted by Gasteiger charge is -2.19. The molecule has 0 saturated heterocycles. The van der Waals surface area contributed by atoms with Gasteiger partial charge in [0.1, 0.15) is 13.2 Å². The lowest BCUT2D eigenvalue weighted by atomic mass is 10.2. The molecule has 1 aliphatic heterocycles. The van der Waals surface area contributed by atoms with E-state index in [4.69, 9.17) is 21.1 Å². The molecular weight excluding hydrogens is 356 g/mol. The van der Waals surface area contributed by atoms with Crippen LogP contribution in [0.4, 0.5) is 0 Å². The number of halogens is 1. The lowest BCUT2D eigenvalue weighted by molar-refractivity contribution is 0.0945. The minimum Gasteiger partial charge on any atom is -0.486 e. The molecule has 126 valence electrons. The fraction of sp³-hybridized carbons (Fsp3) is 0.133. The summed E-state index contributed by atoms with van der Waals surface area (Å²) in [5.74, 6) is 0.214. The third-order valence-electron chi connectivity index (χ3n) is 3.23. The van der Waals surface area contributed by atoms with Gasteiger partial charge in [-0.3, -0.25) is 10.2 Å². The molecule has 7 nitrogen and oxygen atoms in total. The number of benzene rings is 2. The maximum Gasteiger partial charge on any atom is 0.266 e. The average molecular weight is 369 g/mol. The summed E-state index contributed by atoms with van der Waals surface area (Å²) in [6.07, 6.45) is 0. The Morgan fingerprint density at radius 2 is 1.67 bits per heavy atom. The first-order chi connectivity index (χ1) is 11.5. The Morgan fingerprint density at radius 1 is 1.00 bits per heavy atom. The number of hydrazine groups is 1. The fourth-order valence-electron chi connectivity index (χ4n) is 2.04. The number of rotatable bonds is 4. The van der Waals surface area contributed by atoms with Crippen LogP contribution in [0.1, 0.15) is 10.4 Å². The number of carbonyl (C=O) groups is 1. The molecule has 0 aromatic heterocycles. The Morgan fingerprint density at radius 3 is 2.38 bits per heavy atom. The highest BCUT2D eigenvalue weighted by molar-refractivity contribution is 7.89. The van der Waals surface area contributed by atoms with Crippen LogP contribution in [-0.4, -0.2) is 27.5 Å².